The molecule has 2 rings (SSSR count). The molecule has 1 aliphatic heterocycles. The summed E-state index contributed by atoms with van der Waals surface area (Å²) in [5.41, 5.74) is 0. The molecule has 0 aromatic carbocycles. The summed E-state index contributed by atoms with van der Waals surface area (Å²) in [6.45, 7) is 0.879. The van der Waals surface area contributed by atoms with Crippen LogP contribution in [-0.4, -0.2) is 24.7 Å². The maximum atomic E-state index is 5.21. The van der Waals surface area contributed by atoms with E-state index in [4.69, 9.17) is 9.15 Å². The Morgan fingerprint density at radius 1 is 1.75 bits per heavy atom. The molecular weight excluding hydrogens is 156 g/mol. The van der Waals surface area contributed by atoms with Crippen LogP contribution in [0.25, 0.3) is 0 Å². The maximum Gasteiger partial charge on any atom is 0.211 e. The largest absolute Gasteiger partial charge is 0.447 e. The van der Waals surface area contributed by atoms with Gasteiger partial charge >= 0.3 is 0 Å². The van der Waals surface area contributed by atoms with Crippen LogP contribution in [0.1, 0.15) is 18.4 Å². The van der Waals surface area contributed by atoms with Gasteiger partial charge in [-0.25, -0.2) is 4.98 Å². The van der Waals surface area contributed by atoms with Gasteiger partial charge in [-0.15, -0.1) is 0 Å². The van der Waals surface area contributed by atoms with Crippen LogP contribution in [0, 0.1) is 0 Å². The van der Waals surface area contributed by atoms with Crippen LogP contribution in [0.5, 0.6) is 0 Å². The number of methoxy groups -OCH3 is 1. The second kappa shape index (κ2) is 3.25. The summed E-state index contributed by atoms with van der Waals surface area (Å²) in [4.78, 5) is 4.08. The first-order valence-corrected chi connectivity index (χ1v) is 4.05. The number of hydrogen-bond acceptors (Lipinski definition) is 4. The van der Waals surface area contributed by atoms with Gasteiger partial charge in [0, 0.05) is 13.7 Å². The molecule has 0 unspecified atom stereocenters. The van der Waals surface area contributed by atoms with E-state index < -0.39 is 0 Å². The van der Waals surface area contributed by atoms with Crippen LogP contribution in [0.15, 0.2) is 16.9 Å². The van der Waals surface area contributed by atoms with Gasteiger partial charge in [-0.3, -0.25) is 0 Å². The molecule has 2 atom stereocenters. The Morgan fingerprint density at radius 2 is 2.67 bits per heavy atom. The molecule has 1 fully saturated rings. The zero-order valence-electron chi connectivity index (χ0n) is 6.99. The summed E-state index contributed by atoms with van der Waals surface area (Å²) in [5.74, 6) is 0.759. The molecule has 1 aliphatic rings. The lowest BCUT2D eigenvalue weighted by molar-refractivity contribution is 0.116. The average Bonchev–Trinajstić information content (AvgIpc) is 2.75. The van der Waals surface area contributed by atoms with Crippen molar-refractivity contribution >= 4 is 0 Å². The first-order chi connectivity index (χ1) is 5.90. The van der Waals surface area contributed by atoms with Crippen LogP contribution >= 0.6 is 0 Å². The average molecular weight is 168 g/mol. The first kappa shape index (κ1) is 7.76. The van der Waals surface area contributed by atoms with Crippen molar-refractivity contribution in [3.05, 3.63) is 18.4 Å². The van der Waals surface area contributed by atoms with Gasteiger partial charge in [-0.1, -0.05) is 0 Å². The van der Waals surface area contributed by atoms with Gasteiger partial charge in [0.15, 0.2) is 0 Å². The highest BCUT2D eigenvalue weighted by molar-refractivity contribution is 4.95. The number of nitrogens with zero attached hydrogens (tertiary/aromatic N) is 1. The quantitative estimate of drug-likeness (QED) is 0.707. The fourth-order valence-electron chi connectivity index (χ4n) is 1.48. The zero-order valence-corrected chi connectivity index (χ0v) is 6.99. The fraction of sp³-hybridized carbons (Fsp3) is 0.625. The van der Waals surface area contributed by atoms with Crippen LogP contribution in [-0.2, 0) is 4.74 Å². The molecule has 4 heteroatoms. The van der Waals surface area contributed by atoms with Crippen molar-refractivity contribution in [3.63, 3.8) is 0 Å². The van der Waals surface area contributed by atoms with E-state index in [0.717, 1.165) is 18.9 Å². The summed E-state index contributed by atoms with van der Waals surface area (Å²) in [5, 5.41) is 3.28. The van der Waals surface area contributed by atoms with E-state index in [2.05, 4.69) is 10.3 Å². The number of hydrogen-bond donors (Lipinski definition) is 1. The van der Waals surface area contributed by atoms with Crippen molar-refractivity contribution in [3.8, 4) is 0 Å². The van der Waals surface area contributed by atoms with Gasteiger partial charge in [-0.05, 0) is 6.42 Å². The highest BCUT2D eigenvalue weighted by Gasteiger charge is 2.27. The van der Waals surface area contributed by atoms with Crippen molar-refractivity contribution < 1.29 is 9.15 Å². The number of aromatic nitrogens is 1. The summed E-state index contributed by atoms with van der Waals surface area (Å²) < 4.78 is 10.4. The van der Waals surface area contributed by atoms with Gasteiger partial charge in [0.25, 0.3) is 0 Å². The van der Waals surface area contributed by atoms with Crippen LogP contribution in [0.4, 0.5) is 0 Å². The van der Waals surface area contributed by atoms with E-state index in [0.29, 0.717) is 6.10 Å². The third kappa shape index (κ3) is 1.35. The van der Waals surface area contributed by atoms with E-state index >= 15 is 0 Å². The minimum atomic E-state index is 0.227. The van der Waals surface area contributed by atoms with Crippen LogP contribution in [0.3, 0.4) is 0 Å². The van der Waals surface area contributed by atoms with Gasteiger partial charge in [0.05, 0.1) is 18.3 Å². The summed E-state index contributed by atoms with van der Waals surface area (Å²) in [7, 11) is 1.73. The topological polar surface area (TPSA) is 47.3 Å². The highest BCUT2D eigenvalue weighted by Crippen LogP contribution is 2.22. The zero-order chi connectivity index (χ0) is 8.39. The minimum absolute atomic E-state index is 0.227. The van der Waals surface area contributed by atoms with Crippen molar-refractivity contribution in [1.29, 1.82) is 0 Å². The van der Waals surface area contributed by atoms with E-state index in [1.807, 2.05) is 0 Å². The molecule has 12 heavy (non-hydrogen) atoms. The third-order valence-corrected chi connectivity index (χ3v) is 2.17. The molecule has 0 radical (unpaired) electrons. The normalized spacial score (nSPS) is 29.4. The van der Waals surface area contributed by atoms with Crippen molar-refractivity contribution in [2.24, 2.45) is 0 Å². The number of ether oxygens (including phenoxy) is 1. The van der Waals surface area contributed by atoms with Gasteiger partial charge in [0.2, 0.25) is 5.89 Å². The predicted molar refractivity (Wildman–Crippen MR) is 42.7 cm³/mol. The Bertz CT molecular complexity index is 235. The first-order valence-electron chi connectivity index (χ1n) is 4.05. The van der Waals surface area contributed by atoms with E-state index in [1.54, 1.807) is 19.6 Å². The van der Waals surface area contributed by atoms with E-state index in [1.165, 1.54) is 0 Å². The molecule has 66 valence electrons. The Morgan fingerprint density at radius 3 is 3.25 bits per heavy atom. The third-order valence-electron chi connectivity index (χ3n) is 2.17. The SMILES string of the molecule is CO[C@H]1CN[C@H](c2ncco2)C1. The van der Waals surface area contributed by atoms with Crippen molar-refractivity contribution in [1.82, 2.24) is 10.3 Å². The second-order valence-corrected chi connectivity index (χ2v) is 2.92. The molecule has 0 saturated carbocycles. The lowest BCUT2D eigenvalue weighted by atomic mass is 10.2. The molecule has 0 aliphatic carbocycles. The molecule has 0 bridgehead atoms. The molecule has 1 aromatic heterocycles. The predicted octanol–water partition coefficient (Wildman–Crippen LogP) is 0.724. The number of nitrogens with one attached hydrogen (secondary N) is 1. The van der Waals surface area contributed by atoms with Gasteiger partial charge in [-0.2, -0.15) is 0 Å². The molecule has 1 N–H and O–H groups in total. The lowest BCUT2D eigenvalue weighted by Crippen LogP contribution is -2.16. The standard InChI is InChI=1S/C8H12N2O2/c1-11-6-4-7(10-5-6)8-9-2-3-12-8/h2-3,6-7,10H,4-5H2,1H3/t6-,7+/m1/s1. The monoisotopic (exact) mass is 168 g/mol. The maximum absolute atomic E-state index is 5.21. The van der Waals surface area contributed by atoms with Crippen LogP contribution < -0.4 is 5.32 Å². The molecule has 4 nitrogen and oxygen atoms in total. The molecular formula is C8H12N2O2. The van der Waals surface area contributed by atoms with Gasteiger partial charge in [0.1, 0.15) is 6.26 Å². The number of rotatable bonds is 2. The highest BCUT2D eigenvalue weighted by atomic mass is 16.5. The van der Waals surface area contributed by atoms with Crippen molar-refractivity contribution in [2.75, 3.05) is 13.7 Å². The van der Waals surface area contributed by atoms with E-state index in [9.17, 15) is 0 Å². The van der Waals surface area contributed by atoms with Crippen LogP contribution in [0.2, 0.25) is 0 Å². The van der Waals surface area contributed by atoms with Crippen molar-refractivity contribution in [2.45, 2.75) is 18.6 Å². The second-order valence-electron chi connectivity index (χ2n) is 2.92. The Labute approximate surface area is 70.9 Å². The molecule has 0 spiro atoms. The fourth-order valence-corrected chi connectivity index (χ4v) is 1.48. The Hall–Kier alpha value is -0.870. The summed E-state index contributed by atoms with van der Waals surface area (Å²) >= 11 is 0. The smallest absolute Gasteiger partial charge is 0.211 e. The summed E-state index contributed by atoms with van der Waals surface area (Å²) in [6, 6.07) is 0.227. The minimum Gasteiger partial charge on any atom is -0.447 e. The Balaban J connectivity index is 2.00. The number of oxazole rings is 1. The molecule has 0 amide bonds. The van der Waals surface area contributed by atoms with Gasteiger partial charge < -0.3 is 14.5 Å². The van der Waals surface area contributed by atoms with E-state index in [-0.39, 0.29) is 6.04 Å². The molecule has 1 aromatic rings. The Kier molecular flexibility index (Phi) is 2.10. The lowest BCUT2D eigenvalue weighted by Gasteiger charge is -2.04. The summed E-state index contributed by atoms with van der Waals surface area (Å²) in [6.07, 6.45) is 4.49. The molecule has 1 saturated heterocycles. The molecule has 2 heterocycles.